The molecule has 1 aliphatic heterocycles. The van der Waals surface area contributed by atoms with Gasteiger partial charge in [0.15, 0.2) is 11.5 Å². The van der Waals surface area contributed by atoms with Gasteiger partial charge in [0.2, 0.25) is 0 Å². The van der Waals surface area contributed by atoms with E-state index in [-0.39, 0.29) is 12.4 Å². The Morgan fingerprint density at radius 1 is 1.21 bits per heavy atom. The van der Waals surface area contributed by atoms with Crippen LogP contribution in [-0.4, -0.2) is 55.2 Å². The van der Waals surface area contributed by atoms with Crippen LogP contribution in [0.15, 0.2) is 24.5 Å². The van der Waals surface area contributed by atoms with Crippen LogP contribution < -0.4 is 0 Å². The van der Waals surface area contributed by atoms with Crippen LogP contribution in [0.3, 0.4) is 0 Å². The monoisotopic (exact) mass is 263 g/mol. The number of pyridine rings is 1. The van der Waals surface area contributed by atoms with Gasteiger partial charge in [0.05, 0.1) is 6.61 Å². The lowest BCUT2D eigenvalue weighted by Gasteiger charge is -2.13. The first kappa shape index (κ1) is 12.4. The molecule has 2 aromatic rings. The Balaban J connectivity index is 1.96. The molecule has 0 radical (unpaired) electrons. The first-order valence-electron chi connectivity index (χ1n) is 5.91. The quantitative estimate of drug-likeness (QED) is 0.649. The minimum absolute atomic E-state index is 0.244. The van der Waals surface area contributed by atoms with Crippen molar-refractivity contribution in [1.29, 1.82) is 0 Å². The van der Waals surface area contributed by atoms with Crippen LogP contribution in [0, 0.1) is 0 Å². The van der Waals surface area contributed by atoms with E-state index >= 15 is 0 Å². The second kappa shape index (κ2) is 4.78. The number of hydrogen-bond donors (Lipinski definition) is 3. The summed E-state index contributed by atoms with van der Waals surface area (Å²) < 4.78 is 5.37. The first-order valence-corrected chi connectivity index (χ1v) is 5.91. The van der Waals surface area contributed by atoms with Gasteiger partial charge in [-0.15, -0.1) is 0 Å². The zero-order valence-corrected chi connectivity index (χ0v) is 9.92. The van der Waals surface area contributed by atoms with E-state index in [1.54, 1.807) is 18.5 Å². The summed E-state index contributed by atoms with van der Waals surface area (Å²) in [5.41, 5.74) is 0.491. The highest BCUT2D eigenvalue weighted by Gasteiger charge is 2.44. The van der Waals surface area contributed by atoms with Crippen molar-refractivity contribution in [2.75, 3.05) is 6.61 Å². The van der Waals surface area contributed by atoms with Gasteiger partial charge in [0.25, 0.3) is 0 Å². The van der Waals surface area contributed by atoms with Crippen molar-refractivity contribution >= 4 is 11.0 Å². The van der Waals surface area contributed by atoms with Gasteiger partial charge in [-0.3, -0.25) is 0 Å². The van der Waals surface area contributed by atoms with Crippen molar-refractivity contribution in [2.45, 2.75) is 24.4 Å². The number of nitrogens with zero attached hydrogens (tertiary/aromatic N) is 3. The van der Waals surface area contributed by atoms with Crippen molar-refractivity contribution in [3.63, 3.8) is 0 Å². The van der Waals surface area contributed by atoms with Gasteiger partial charge < -0.3 is 20.1 Å². The van der Waals surface area contributed by atoms with E-state index in [1.807, 2.05) is 6.07 Å². The molecule has 0 spiro atoms. The molecule has 1 fully saturated rings. The van der Waals surface area contributed by atoms with Crippen LogP contribution in [-0.2, 0) is 4.74 Å². The Kier molecular flexibility index (Phi) is 3.11. The van der Waals surface area contributed by atoms with Gasteiger partial charge in [-0.1, -0.05) is 0 Å². The molecule has 7 nitrogen and oxygen atoms in total. The largest absolute Gasteiger partial charge is 0.394 e. The molecule has 0 saturated carbocycles. The lowest BCUT2D eigenvalue weighted by Crippen LogP contribution is -2.32. The maximum Gasteiger partial charge on any atom is 0.162 e. The summed E-state index contributed by atoms with van der Waals surface area (Å²) in [5, 5.41) is 29.4. The molecule has 0 aliphatic carbocycles. The lowest BCUT2D eigenvalue weighted by atomic mass is 10.1. The van der Waals surface area contributed by atoms with Crippen molar-refractivity contribution in [3.8, 4) is 0 Å². The third-order valence-corrected chi connectivity index (χ3v) is 3.17. The predicted molar refractivity (Wildman–Crippen MR) is 64.0 cm³/mol. The molecule has 4 atom stereocenters. The maximum atomic E-state index is 9.90. The number of hydrogen-bond acceptors (Lipinski definition) is 7. The van der Waals surface area contributed by atoms with E-state index in [2.05, 4.69) is 15.0 Å². The Labute approximate surface area is 108 Å². The van der Waals surface area contributed by atoms with Gasteiger partial charge in [-0.25, -0.2) is 15.0 Å². The van der Waals surface area contributed by atoms with Crippen molar-refractivity contribution < 1.29 is 20.1 Å². The average molecular weight is 263 g/mol. The summed E-state index contributed by atoms with van der Waals surface area (Å²) in [6.45, 7) is -0.374. The van der Waals surface area contributed by atoms with Crippen LogP contribution in [0.2, 0.25) is 0 Å². The lowest BCUT2D eigenvalue weighted by molar-refractivity contribution is -0.0252. The molecule has 0 amide bonds. The smallest absolute Gasteiger partial charge is 0.162 e. The van der Waals surface area contributed by atoms with Crippen molar-refractivity contribution in [2.24, 2.45) is 0 Å². The summed E-state index contributed by atoms with van der Waals surface area (Å²) in [6, 6.07) is 3.60. The van der Waals surface area contributed by atoms with Gasteiger partial charge in [-0.2, -0.15) is 0 Å². The Morgan fingerprint density at radius 2 is 2.05 bits per heavy atom. The summed E-state index contributed by atoms with van der Waals surface area (Å²) in [4.78, 5) is 12.4. The average Bonchev–Trinajstić information content (AvgIpc) is 2.74. The van der Waals surface area contributed by atoms with E-state index in [0.29, 0.717) is 5.65 Å². The molecule has 7 heteroatoms. The number of aromatic nitrogens is 3. The van der Waals surface area contributed by atoms with Crippen LogP contribution >= 0.6 is 0 Å². The molecule has 3 N–H and O–H groups in total. The molecular weight excluding hydrogens is 250 g/mol. The van der Waals surface area contributed by atoms with E-state index < -0.39 is 24.4 Å². The standard InChI is InChI=1S/C12H13N3O4/c16-5-7-8(17)9(18)10(19-7)12-14-4-6-2-1-3-13-11(6)15-12/h1-4,7-10,16-18H,5H2/t7-,8-,9-,10?/m1/s1. The highest BCUT2D eigenvalue weighted by Crippen LogP contribution is 2.31. The first-order chi connectivity index (χ1) is 9.20. The second-order valence-corrected chi connectivity index (χ2v) is 4.40. The maximum absolute atomic E-state index is 9.90. The molecule has 19 heavy (non-hydrogen) atoms. The number of aliphatic hydroxyl groups is 3. The van der Waals surface area contributed by atoms with Crippen LogP contribution in [0.1, 0.15) is 11.9 Å². The highest BCUT2D eigenvalue weighted by molar-refractivity contribution is 5.72. The molecule has 0 bridgehead atoms. The summed E-state index contributed by atoms with van der Waals surface area (Å²) >= 11 is 0. The molecule has 1 saturated heterocycles. The molecule has 2 aromatic heterocycles. The molecule has 1 unspecified atom stereocenters. The van der Waals surface area contributed by atoms with E-state index in [0.717, 1.165) is 5.39 Å². The van der Waals surface area contributed by atoms with Crippen molar-refractivity contribution in [3.05, 3.63) is 30.4 Å². The van der Waals surface area contributed by atoms with Gasteiger partial charge >= 0.3 is 0 Å². The fourth-order valence-corrected chi connectivity index (χ4v) is 2.13. The molecule has 100 valence electrons. The van der Waals surface area contributed by atoms with Crippen molar-refractivity contribution in [1.82, 2.24) is 15.0 Å². The second-order valence-electron chi connectivity index (χ2n) is 4.40. The number of ether oxygens (including phenoxy) is 1. The van der Waals surface area contributed by atoms with Crippen LogP contribution in [0.5, 0.6) is 0 Å². The topological polar surface area (TPSA) is 109 Å². The van der Waals surface area contributed by atoms with Gasteiger partial charge in [0.1, 0.15) is 24.4 Å². The summed E-state index contributed by atoms with van der Waals surface area (Å²) in [6.07, 6.45) is -0.826. The molecule has 0 aromatic carbocycles. The summed E-state index contributed by atoms with van der Waals surface area (Å²) in [7, 11) is 0. The van der Waals surface area contributed by atoms with Gasteiger partial charge in [0, 0.05) is 17.8 Å². The predicted octanol–water partition coefficient (Wildman–Crippen LogP) is -0.821. The Hall–Kier alpha value is -1.67. The van der Waals surface area contributed by atoms with E-state index in [9.17, 15) is 10.2 Å². The zero-order valence-electron chi connectivity index (χ0n) is 9.92. The molecular formula is C12H13N3O4. The molecule has 3 rings (SSSR count). The minimum atomic E-state index is -1.17. The van der Waals surface area contributed by atoms with E-state index in [4.69, 9.17) is 9.84 Å². The Morgan fingerprint density at radius 3 is 2.79 bits per heavy atom. The third-order valence-electron chi connectivity index (χ3n) is 3.17. The van der Waals surface area contributed by atoms with Crippen LogP contribution in [0.25, 0.3) is 11.0 Å². The van der Waals surface area contributed by atoms with Crippen LogP contribution in [0.4, 0.5) is 0 Å². The summed E-state index contributed by atoms with van der Waals surface area (Å²) in [5.74, 6) is 0.244. The van der Waals surface area contributed by atoms with E-state index in [1.165, 1.54) is 0 Å². The normalized spacial score (nSPS) is 30.9. The van der Waals surface area contributed by atoms with Gasteiger partial charge in [-0.05, 0) is 12.1 Å². The minimum Gasteiger partial charge on any atom is -0.394 e. The number of rotatable bonds is 2. The number of fused-ring (bicyclic) bond motifs is 1. The Bertz CT molecular complexity index is 594. The molecule has 1 aliphatic rings. The fraction of sp³-hybridized carbons (Fsp3) is 0.417. The SMILES string of the molecule is OC[C@H]1OC(c2ncc3cccnc3n2)[C@H](O)[C@@H]1O. The third kappa shape index (κ3) is 2.06. The fourth-order valence-electron chi connectivity index (χ4n) is 2.13. The molecule has 3 heterocycles. The zero-order chi connectivity index (χ0) is 13.4. The highest BCUT2D eigenvalue weighted by atomic mass is 16.6. The number of aliphatic hydroxyl groups excluding tert-OH is 3.